The third-order valence-corrected chi connectivity index (χ3v) is 6.62. The van der Waals surface area contributed by atoms with Gasteiger partial charge in [0, 0.05) is 36.2 Å². The van der Waals surface area contributed by atoms with Crippen molar-refractivity contribution in [3.63, 3.8) is 0 Å². The molecule has 1 aromatic carbocycles. The Morgan fingerprint density at radius 3 is 2.97 bits per heavy atom. The summed E-state index contributed by atoms with van der Waals surface area (Å²) in [4.78, 5) is 21.2. The van der Waals surface area contributed by atoms with Crippen LogP contribution in [0.5, 0.6) is 0 Å². The van der Waals surface area contributed by atoms with Gasteiger partial charge in [-0.05, 0) is 43.2 Å². The molecule has 1 fully saturated rings. The number of anilines is 1. The van der Waals surface area contributed by atoms with Gasteiger partial charge in [-0.2, -0.15) is 5.26 Å². The topological polar surface area (TPSA) is 113 Å². The zero-order valence-corrected chi connectivity index (χ0v) is 17.1. The molecule has 3 atom stereocenters. The molecule has 1 aromatic heterocycles. The fourth-order valence-electron chi connectivity index (χ4n) is 4.25. The first-order valence-corrected chi connectivity index (χ1v) is 10.4. The van der Waals surface area contributed by atoms with E-state index in [0.717, 1.165) is 6.42 Å². The molecule has 30 heavy (non-hydrogen) atoms. The van der Waals surface area contributed by atoms with E-state index in [9.17, 15) is 9.18 Å². The normalized spacial score (nSPS) is 25.2. The maximum atomic E-state index is 15.0. The van der Waals surface area contributed by atoms with Crippen molar-refractivity contribution in [3.05, 3.63) is 59.2 Å². The van der Waals surface area contributed by atoms with Crippen molar-refractivity contribution < 1.29 is 13.9 Å². The van der Waals surface area contributed by atoms with Gasteiger partial charge >= 0.3 is 0 Å². The number of nitrogens with two attached hydrogens (primary N) is 1. The van der Waals surface area contributed by atoms with Gasteiger partial charge in [0.15, 0.2) is 5.17 Å². The minimum atomic E-state index is -0.812. The number of rotatable bonds is 4. The van der Waals surface area contributed by atoms with E-state index in [1.54, 1.807) is 13.2 Å². The molecule has 7 nitrogen and oxygen atoms in total. The van der Waals surface area contributed by atoms with Gasteiger partial charge < -0.3 is 15.8 Å². The van der Waals surface area contributed by atoms with Crippen molar-refractivity contribution in [3.8, 4) is 6.07 Å². The Morgan fingerprint density at radius 2 is 2.27 bits per heavy atom. The summed E-state index contributed by atoms with van der Waals surface area (Å²) in [6.45, 7) is 0. The first-order chi connectivity index (χ1) is 14.5. The predicted molar refractivity (Wildman–Crippen MR) is 113 cm³/mol. The highest BCUT2D eigenvalue weighted by Gasteiger charge is 2.53. The van der Waals surface area contributed by atoms with E-state index in [-0.39, 0.29) is 17.7 Å². The minimum Gasteiger partial charge on any atom is -0.381 e. The number of nitriles is 1. The number of hydrogen-bond donors (Lipinski definition) is 2. The van der Waals surface area contributed by atoms with Gasteiger partial charge in [0.2, 0.25) is 0 Å². The highest BCUT2D eigenvalue weighted by atomic mass is 32.2. The second-order valence-corrected chi connectivity index (χ2v) is 8.34. The van der Waals surface area contributed by atoms with E-state index in [4.69, 9.17) is 15.7 Å². The molecule has 1 aliphatic carbocycles. The highest BCUT2D eigenvalue weighted by Crippen LogP contribution is 2.52. The molecular weight excluding hydrogens is 405 g/mol. The zero-order chi connectivity index (χ0) is 21.3. The summed E-state index contributed by atoms with van der Waals surface area (Å²) in [5.41, 5.74) is 6.56. The van der Waals surface area contributed by atoms with Crippen molar-refractivity contribution in [1.29, 1.82) is 5.26 Å². The molecule has 2 aromatic rings. The number of carbonyl (C=O) groups excluding carboxylic acids is 1. The predicted octanol–water partition coefficient (Wildman–Crippen LogP) is 3.03. The van der Waals surface area contributed by atoms with Crippen LogP contribution in [0.2, 0.25) is 0 Å². The first kappa shape index (κ1) is 20.3. The zero-order valence-electron chi connectivity index (χ0n) is 16.3. The van der Waals surface area contributed by atoms with Crippen LogP contribution in [0.15, 0.2) is 41.5 Å². The fraction of sp³-hybridized carbons (Fsp3) is 0.333. The number of aromatic nitrogens is 1. The smallest absolute Gasteiger partial charge is 0.274 e. The number of carbonyl (C=O) groups is 1. The molecule has 0 spiro atoms. The van der Waals surface area contributed by atoms with Gasteiger partial charge in [0.05, 0.1) is 17.2 Å². The molecule has 1 aliphatic heterocycles. The number of ether oxygens (including phenoxy) is 1. The van der Waals surface area contributed by atoms with E-state index in [2.05, 4.69) is 15.3 Å². The number of hydrogen-bond acceptors (Lipinski definition) is 7. The summed E-state index contributed by atoms with van der Waals surface area (Å²) < 4.78 is 20.6. The third kappa shape index (κ3) is 3.53. The summed E-state index contributed by atoms with van der Waals surface area (Å²) in [6, 6.07) is 9.39. The van der Waals surface area contributed by atoms with Crippen LogP contribution in [0.25, 0.3) is 0 Å². The van der Waals surface area contributed by atoms with Crippen molar-refractivity contribution in [1.82, 2.24) is 4.98 Å². The average molecular weight is 425 g/mol. The Hall–Kier alpha value is -2.96. The average Bonchev–Trinajstić information content (AvgIpc) is 3.13. The molecule has 154 valence electrons. The lowest BCUT2D eigenvalue weighted by molar-refractivity contribution is 0.0645. The Morgan fingerprint density at radius 1 is 1.43 bits per heavy atom. The molecule has 3 N–H and O–H groups in total. The van der Waals surface area contributed by atoms with E-state index in [0.29, 0.717) is 34.2 Å². The number of nitrogens with one attached hydrogen (secondary N) is 1. The van der Waals surface area contributed by atoms with Gasteiger partial charge in [0.25, 0.3) is 5.91 Å². The molecule has 2 heterocycles. The fourth-order valence-corrected chi connectivity index (χ4v) is 5.31. The highest BCUT2D eigenvalue weighted by molar-refractivity contribution is 8.13. The monoisotopic (exact) mass is 425 g/mol. The summed E-state index contributed by atoms with van der Waals surface area (Å²) in [7, 11) is 1.66. The Labute approximate surface area is 177 Å². The SMILES string of the molecule is COC1CCC2(c3cc(NC(=O)c4ccc(C#N)cn4)ccc3F)N=C(N)SCC12. The lowest BCUT2D eigenvalue weighted by Crippen LogP contribution is -2.41. The van der Waals surface area contributed by atoms with Crippen LogP contribution in [-0.4, -0.2) is 35.0 Å². The van der Waals surface area contributed by atoms with Crippen molar-refractivity contribution in [2.45, 2.75) is 24.5 Å². The number of halogens is 1. The van der Waals surface area contributed by atoms with Crippen molar-refractivity contribution >= 4 is 28.5 Å². The summed E-state index contributed by atoms with van der Waals surface area (Å²) in [5.74, 6) is -0.163. The number of benzene rings is 1. The number of fused-ring (bicyclic) bond motifs is 1. The Kier molecular flexibility index (Phi) is 5.45. The van der Waals surface area contributed by atoms with Gasteiger partial charge in [-0.15, -0.1) is 0 Å². The van der Waals surface area contributed by atoms with Crippen LogP contribution < -0.4 is 11.1 Å². The maximum Gasteiger partial charge on any atom is 0.274 e. The largest absolute Gasteiger partial charge is 0.381 e. The number of pyridine rings is 1. The van der Waals surface area contributed by atoms with Crippen LogP contribution in [-0.2, 0) is 10.3 Å². The Balaban J connectivity index is 1.67. The van der Waals surface area contributed by atoms with Gasteiger partial charge in [0.1, 0.15) is 17.6 Å². The number of thioether (sulfide) groups is 1. The first-order valence-electron chi connectivity index (χ1n) is 9.45. The molecule has 1 amide bonds. The van der Waals surface area contributed by atoms with Crippen LogP contribution in [0, 0.1) is 23.1 Å². The number of aliphatic imine (C=N–C) groups is 1. The molecular formula is C21H20FN5O2S. The lowest BCUT2D eigenvalue weighted by Gasteiger charge is -2.37. The minimum absolute atomic E-state index is 0.0135. The molecule has 0 saturated heterocycles. The van der Waals surface area contributed by atoms with Crippen LogP contribution >= 0.6 is 11.8 Å². The second kappa shape index (κ2) is 8.05. The molecule has 0 bridgehead atoms. The number of nitrogens with zero attached hydrogens (tertiary/aromatic N) is 3. The molecule has 3 unspecified atom stereocenters. The lowest BCUT2D eigenvalue weighted by atomic mass is 9.80. The molecule has 0 radical (unpaired) electrons. The van der Waals surface area contributed by atoms with Crippen LogP contribution in [0.1, 0.15) is 34.5 Å². The molecule has 1 saturated carbocycles. The second-order valence-electron chi connectivity index (χ2n) is 7.30. The van der Waals surface area contributed by atoms with Gasteiger partial charge in [-0.25, -0.2) is 9.37 Å². The molecule has 9 heteroatoms. The van der Waals surface area contributed by atoms with E-state index in [1.165, 1.54) is 42.2 Å². The summed E-state index contributed by atoms with van der Waals surface area (Å²) in [6.07, 6.45) is 2.66. The van der Waals surface area contributed by atoms with Crippen LogP contribution in [0.3, 0.4) is 0 Å². The van der Waals surface area contributed by atoms with E-state index in [1.807, 2.05) is 6.07 Å². The van der Waals surface area contributed by atoms with Gasteiger partial charge in [-0.3, -0.25) is 9.79 Å². The van der Waals surface area contributed by atoms with E-state index >= 15 is 0 Å². The molecule has 4 rings (SSSR count). The summed E-state index contributed by atoms with van der Waals surface area (Å²) in [5, 5.41) is 12.0. The van der Waals surface area contributed by atoms with Crippen molar-refractivity contribution in [2.24, 2.45) is 16.6 Å². The maximum absolute atomic E-state index is 15.0. The summed E-state index contributed by atoms with van der Waals surface area (Å²) >= 11 is 1.45. The standard InChI is InChI=1S/C21H20FN5O2S/c1-29-18-6-7-21(15(18)11-30-20(24)27-21)14-8-13(3-4-16(14)22)26-19(28)17-5-2-12(9-23)10-25-17/h2-5,8,10,15,18H,6-7,11H2,1H3,(H2,24,27)(H,26,28). The van der Waals surface area contributed by atoms with E-state index < -0.39 is 17.3 Å². The Bertz CT molecular complexity index is 1050. The van der Waals surface area contributed by atoms with Crippen LogP contribution in [0.4, 0.5) is 10.1 Å². The molecule has 2 aliphatic rings. The number of methoxy groups -OCH3 is 1. The van der Waals surface area contributed by atoms with Crippen molar-refractivity contribution in [2.75, 3.05) is 18.2 Å². The quantitative estimate of drug-likeness (QED) is 0.778. The third-order valence-electron chi connectivity index (χ3n) is 5.71. The number of amides is 1. The number of amidine groups is 1. The van der Waals surface area contributed by atoms with Gasteiger partial charge in [-0.1, -0.05) is 11.8 Å².